The number of halogens is 3. The number of rotatable bonds is 3. The molecular weight excluding hydrogens is 423 g/mol. The summed E-state index contributed by atoms with van der Waals surface area (Å²) in [6.07, 6.45) is 0.0488. The Hall–Kier alpha value is -3.69. The Morgan fingerprint density at radius 2 is 1.69 bits per heavy atom. The third-order valence-corrected chi connectivity index (χ3v) is 5.52. The second-order valence-corrected chi connectivity index (χ2v) is 7.62. The third-order valence-electron chi connectivity index (χ3n) is 5.52. The minimum atomic E-state index is -4.69. The topological polar surface area (TPSA) is 76.5 Å². The molecule has 0 radical (unpaired) electrons. The molecule has 0 unspecified atom stereocenters. The zero-order valence-corrected chi connectivity index (χ0v) is 16.8. The number of fused-ring (bicyclic) bond motifs is 1. The molecule has 1 aromatic carbocycles. The van der Waals surface area contributed by atoms with Crippen molar-refractivity contribution in [2.24, 2.45) is 0 Å². The van der Waals surface area contributed by atoms with Crippen LogP contribution in [0.3, 0.4) is 0 Å². The average Bonchev–Trinajstić information content (AvgIpc) is 3.47. The largest absolute Gasteiger partial charge is 0.471 e. The molecule has 164 valence electrons. The van der Waals surface area contributed by atoms with Crippen molar-refractivity contribution in [3.05, 3.63) is 60.1 Å². The van der Waals surface area contributed by atoms with Crippen LogP contribution >= 0.6 is 0 Å². The summed E-state index contributed by atoms with van der Waals surface area (Å²) in [6.45, 7) is 1.51. The lowest BCUT2D eigenvalue weighted by atomic mass is 10.1. The van der Waals surface area contributed by atoms with E-state index in [1.54, 1.807) is 35.0 Å². The van der Waals surface area contributed by atoms with Crippen LogP contribution in [0.4, 0.5) is 13.2 Å². The predicted octanol–water partition coefficient (Wildman–Crippen LogP) is 4.70. The molecule has 1 aliphatic rings. The van der Waals surface area contributed by atoms with Crippen molar-refractivity contribution in [1.82, 2.24) is 24.7 Å². The highest BCUT2D eigenvalue weighted by atomic mass is 19.4. The van der Waals surface area contributed by atoms with E-state index >= 15 is 0 Å². The Labute approximate surface area is 180 Å². The van der Waals surface area contributed by atoms with Crippen molar-refractivity contribution in [1.29, 1.82) is 0 Å². The number of alkyl halides is 3. The number of hydrogen-bond acceptors (Lipinski definition) is 5. The van der Waals surface area contributed by atoms with Crippen LogP contribution in [0.5, 0.6) is 0 Å². The number of piperidine rings is 1. The number of carbonyl (C=O) groups excluding carboxylic acids is 1. The number of hydrogen-bond donors (Lipinski definition) is 0. The van der Waals surface area contributed by atoms with Gasteiger partial charge in [0.25, 0.3) is 5.91 Å². The maximum atomic E-state index is 13.0. The van der Waals surface area contributed by atoms with Crippen LogP contribution in [0.1, 0.15) is 35.5 Å². The van der Waals surface area contributed by atoms with Crippen LogP contribution in [-0.4, -0.2) is 43.7 Å². The van der Waals surface area contributed by atoms with Crippen LogP contribution < -0.4 is 0 Å². The number of pyridine rings is 1. The average molecular weight is 441 g/mol. The minimum absolute atomic E-state index is 0.0234. The van der Waals surface area contributed by atoms with Crippen LogP contribution in [0.15, 0.2) is 53.2 Å². The molecule has 5 rings (SSSR count). The van der Waals surface area contributed by atoms with E-state index in [0.29, 0.717) is 16.6 Å². The first-order valence-corrected chi connectivity index (χ1v) is 10.2. The lowest BCUT2D eigenvalue weighted by Gasteiger charge is -2.26. The molecule has 4 heterocycles. The molecule has 0 atom stereocenters. The highest BCUT2D eigenvalue weighted by Gasteiger charge is 2.38. The van der Waals surface area contributed by atoms with Crippen molar-refractivity contribution in [3.8, 4) is 22.6 Å². The normalized spacial score (nSPS) is 14.8. The van der Waals surface area contributed by atoms with Crippen LogP contribution in [0.2, 0.25) is 0 Å². The van der Waals surface area contributed by atoms with Gasteiger partial charge in [0.05, 0.1) is 23.0 Å². The van der Waals surface area contributed by atoms with Gasteiger partial charge >= 0.3 is 12.1 Å². The Morgan fingerprint density at radius 3 is 2.38 bits per heavy atom. The summed E-state index contributed by atoms with van der Waals surface area (Å²) in [6, 6.07) is 12.3. The number of aromatic nitrogens is 4. The summed E-state index contributed by atoms with van der Waals surface area (Å²) >= 11 is 0. The van der Waals surface area contributed by atoms with Gasteiger partial charge in [0, 0.05) is 24.2 Å². The van der Waals surface area contributed by atoms with Gasteiger partial charge in [-0.3, -0.25) is 4.79 Å². The molecule has 1 amide bonds. The van der Waals surface area contributed by atoms with Crippen molar-refractivity contribution in [2.75, 3.05) is 13.1 Å². The molecule has 0 spiro atoms. The first kappa shape index (κ1) is 20.2. The van der Waals surface area contributed by atoms with E-state index < -0.39 is 12.1 Å². The summed E-state index contributed by atoms with van der Waals surface area (Å²) in [5.74, 6) is -1.55. The van der Waals surface area contributed by atoms with E-state index in [9.17, 15) is 18.0 Å². The van der Waals surface area contributed by atoms with Crippen molar-refractivity contribution >= 4 is 11.4 Å². The molecule has 3 aromatic heterocycles. The summed E-state index contributed by atoms with van der Waals surface area (Å²) in [7, 11) is 0. The van der Waals surface area contributed by atoms with E-state index in [0.717, 1.165) is 43.6 Å². The van der Waals surface area contributed by atoms with Gasteiger partial charge in [-0.15, -0.1) is 0 Å². The van der Waals surface area contributed by atoms with E-state index in [4.69, 9.17) is 0 Å². The molecule has 32 heavy (non-hydrogen) atoms. The molecular formula is C22H18F3N5O2. The van der Waals surface area contributed by atoms with Crippen LogP contribution in [0, 0.1) is 0 Å². The Bertz CT molecular complexity index is 1270. The SMILES string of the molecule is O=C(c1cnn2c(-c3ccc(-c4noc(C(F)(F)F)n4)cc3)cccc12)N1CCCCC1. The highest BCUT2D eigenvalue weighted by Crippen LogP contribution is 2.30. The molecule has 1 saturated heterocycles. The third kappa shape index (κ3) is 3.61. The monoisotopic (exact) mass is 441 g/mol. The number of benzene rings is 1. The molecule has 7 nitrogen and oxygen atoms in total. The van der Waals surface area contributed by atoms with Gasteiger partial charge in [0.15, 0.2) is 0 Å². The standard InChI is InChI=1S/C22H18F3N5O2/c23-22(24,25)21-27-19(28-32-21)15-9-7-14(8-10-15)17-5-4-6-18-16(13-26-30(17)18)20(31)29-11-2-1-3-12-29/h4-10,13H,1-3,11-12H2. The lowest BCUT2D eigenvalue weighted by Crippen LogP contribution is -2.35. The maximum Gasteiger partial charge on any atom is 0.471 e. The van der Waals surface area contributed by atoms with Gasteiger partial charge in [-0.05, 0) is 31.4 Å². The zero-order valence-electron chi connectivity index (χ0n) is 16.8. The molecule has 0 aliphatic carbocycles. The minimum Gasteiger partial charge on any atom is -0.339 e. The first-order valence-electron chi connectivity index (χ1n) is 10.2. The molecule has 1 aliphatic heterocycles. The summed E-state index contributed by atoms with van der Waals surface area (Å²) < 4.78 is 44.1. The maximum absolute atomic E-state index is 13.0. The Kier molecular flexibility index (Phi) is 4.91. The van der Waals surface area contributed by atoms with E-state index in [1.165, 1.54) is 0 Å². The van der Waals surface area contributed by atoms with Crippen molar-refractivity contribution in [2.45, 2.75) is 25.4 Å². The Balaban J connectivity index is 1.45. The van der Waals surface area contributed by atoms with Gasteiger partial charge < -0.3 is 9.42 Å². The molecule has 0 bridgehead atoms. The van der Waals surface area contributed by atoms with E-state index in [-0.39, 0.29) is 11.7 Å². The van der Waals surface area contributed by atoms with Gasteiger partial charge in [-0.2, -0.15) is 23.3 Å². The van der Waals surface area contributed by atoms with Crippen molar-refractivity contribution in [3.63, 3.8) is 0 Å². The zero-order chi connectivity index (χ0) is 22.3. The second-order valence-electron chi connectivity index (χ2n) is 7.62. The van der Waals surface area contributed by atoms with E-state index in [2.05, 4.69) is 19.8 Å². The van der Waals surface area contributed by atoms with E-state index in [1.807, 2.05) is 23.1 Å². The number of carbonyl (C=O) groups is 1. The summed E-state index contributed by atoms with van der Waals surface area (Å²) in [5, 5.41) is 7.83. The van der Waals surface area contributed by atoms with Crippen LogP contribution in [-0.2, 0) is 6.18 Å². The summed E-state index contributed by atoms with van der Waals surface area (Å²) in [5.41, 5.74) is 3.17. The lowest BCUT2D eigenvalue weighted by molar-refractivity contribution is -0.159. The number of amides is 1. The molecule has 1 fully saturated rings. The second kappa shape index (κ2) is 7.77. The quantitative estimate of drug-likeness (QED) is 0.461. The Morgan fingerprint density at radius 1 is 0.969 bits per heavy atom. The van der Waals surface area contributed by atoms with Gasteiger partial charge in [-0.25, -0.2) is 4.52 Å². The fourth-order valence-electron chi connectivity index (χ4n) is 3.91. The molecule has 10 heteroatoms. The summed E-state index contributed by atoms with van der Waals surface area (Å²) in [4.78, 5) is 18.2. The van der Waals surface area contributed by atoms with Gasteiger partial charge in [0.1, 0.15) is 0 Å². The number of nitrogens with zero attached hydrogens (tertiary/aromatic N) is 5. The fourth-order valence-corrected chi connectivity index (χ4v) is 3.91. The van der Waals surface area contributed by atoms with Crippen molar-refractivity contribution < 1.29 is 22.5 Å². The number of likely N-dealkylation sites (tertiary alicyclic amines) is 1. The predicted molar refractivity (Wildman–Crippen MR) is 109 cm³/mol. The first-order chi connectivity index (χ1) is 15.4. The smallest absolute Gasteiger partial charge is 0.339 e. The molecule has 0 N–H and O–H groups in total. The molecule has 0 saturated carbocycles. The molecule has 4 aromatic rings. The van der Waals surface area contributed by atoms with Crippen LogP contribution in [0.25, 0.3) is 28.2 Å². The highest BCUT2D eigenvalue weighted by molar-refractivity contribution is 6.01. The fraction of sp³-hybridized carbons (Fsp3) is 0.273. The van der Waals surface area contributed by atoms with Gasteiger partial charge in [-0.1, -0.05) is 35.5 Å². The van der Waals surface area contributed by atoms with Gasteiger partial charge in [0.2, 0.25) is 5.82 Å².